The van der Waals surface area contributed by atoms with Gasteiger partial charge in [0.2, 0.25) is 10.0 Å². The van der Waals surface area contributed by atoms with Gasteiger partial charge < -0.3 is 10.2 Å². The number of likely N-dealkylation sites (tertiary alicyclic amines) is 1. The average Bonchev–Trinajstić information content (AvgIpc) is 2.41. The molecule has 2 N–H and O–H groups in total. The van der Waals surface area contributed by atoms with Gasteiger partial charge >= 0.3 is 0 Å². The second kappa shape index (κ2) is 6.38. The summed E-state index contributed by atoms with van der Waals surface area (Å²) < 4.78 is 28.4. The first kappa shape index (κ1) is 15.7. The first-order chi connectivity index (χ1) is 9.42. The molecule has 1 aromatic heterocycles. The molecule has 1 saturated heterocycles. The van der Waals surface area contributed by atoms with Crippen molar-refractivity contribution in [3.8, 4) is 0 Å². The minimum atomic E-state index is -3.57. The molecular weight excluding hydrogens is 344 g/mol. The van der Waals surface area contributed by atoms with Gasteiger partial charge in [0.25, 0.3) is 0 Å². The van der Waals surface area contributed by atoms with E-state index in [-0.39, 0.29) is 10.9 Å². The Kier molecular flexibility index (Phi) is 5.00. The molecule has 0 spiro atoms. The van der Waals surface area contributed by atoms with Gasteiger partial charge in [-0.3, -0.25) is 0 Å². The summed E-state index contributed by atoms with van der Waals surface area (Å²) in [4.78, 5) is 6.46. The molecule has 0 aromatic carbocycles. The highest BCUT2D eigenvalue weighted by molar-refractivity contribution is 9.10. The Bertz CT molecular complexity index is 571. The average molecular weight is 363 g/mol. The van der Waals surface area contributed by atoms with Crippen LogP contribution >= 0.6 is 15.9 Å². The van der Waals surface area contributed by atoms with Crippen LogP contribution in [0.25, 0.3) is 0 Å². The lowest BCUT2D eigenvalue weighted by molar-refractivity contribution is 0.248. The van der Waals surface area contributed by atoms with Gasteiger partial charge in [-0.15, -0.1) is 0 Å². The third-order valence-electron chi connectivity index (χ3n) is 3.39. The second-order valence-corrected chi connectivity index (χ2v) is 7.55. The predicted molar refractivity (Wildman–Crippen MR) is 82.3 cm³/mol. The molecule has 2 heterocycles. The van der Waals surface area contributed by atoms with Gasteiger partial charge in [0.15, 0.2) is 0 Å². The third-order valence-corrected chi connectivity index (χ3v) is 5.35. The van der Waals surface area contributed by atoms with Crippen LogP contribution in [0.2, 0.25) is 0 Å². The fraction of sp³-hybridized carbons (Fsp3) is 0.583. The number of sulfonamides is 1. The first-order valence-corrected chi connectivity index (χ1v) is 8.74. The lowest BCUT2D eigenvalue weighted by Crippen LogP contribution is -2.43. The number of hydrogen-bond donors (Lipinski definition) is 2. The highest BCUT2D eigenvalue weighted by Crippen LogP contribution is 2.23. The van der Waals surface area contributed by atoms with Crippen molar-refractivity contribution >= 4 is 31.8 Å². The lowest BCUT2D eigenvalue weighted by Gasteiger charge is -2.29. The van der Waals surface area contributed by atoms with E-state index in [1.54, 1.807) is 19.3 Å². The van der Waals surface area contributed by atoms with Crippen molar-refractivity contribution in [1.82, 2.24) is 14.6 Å². The number of aromatic nitrogens is 1. The molecule has 0 amide bonds. The number of pyridine rings is 1. The second-order valence-electron chi connectivity index (χ2n) is 4.95. The number of rotatable bonds is 4. The number of anilines is 1. The zero-order chi connectivity index (χ0) is 14.8. The van der Waals surface area contributed by atoms with E-state index in [9.17, 15) is 8.42 Å². The van der Waals surface area contributed by atoms with Crippen LogP contribution in [0.15, 0.2) is 21.6 Å². The molecule has 1 fully saturated rings. The van der Waals surface area contributed by atoms with Crippen LogP contribution in [0.4, 0.5) is 5.82 Å². The summed E-state index contributed by atoms with van der Waals surface area (Å²) >= 11 is 3.26. The molecular formula is C12H19BrN4O2S. The van der Waals surface area contributed by atoms with Gasteiger partial charge in [0.1, 0.15) is 10.7 Å². The molecule has 1 aromatic rings. The largest absolute Gasteiger partial charge is 0.372 e. The normalized spacial score (nSPS) is 18.1. The summed E-state index contributed by atoms with van der Waals surface area (Å²) in [5.41, 5.74) is 0. The molecule has 2 rings (SSSR count). The molecule has 1 aliphatic heterocycles. The number of nitrogens with one attached hydrogen (secondary N) is 2. The topological polar surface area (TPSA) is 74.3 Å². The number of hydrogen-bond acceptors (Lipinski definition) is 5. The Hall–Kier alpha value is -0.700. The lowest BCUT2D eigenvalue weighted by atomic mass is 10.1. The first-order valence-electron chi connectivity index (χ1n) is 6.46. The smallest absolute Gasteiger partial charge is 0.244 e. The van der Waals surface area contributed by atoms with Gasteiger partial charge in [-0.05, 0) is 55.0 Å². The number of piperidine rings is 1. The van der Waals surface area contributed by atoms with Crippen LogP contribution in [0.3, 0.4) is 0 Å². The monoisotopic (exact) mass is 362 g/mol. The Morgan fingerprint density at radius 2 is 2.05 bits per heavy atom. The fourth-order valence-electron chi connectivity index (χ4n) is 2.22. The molecule has 0 aliphatic carbocycles. The van der Waals surface area contributed by atoms with Gasteiger partial charge in [0.05, 0.1) is 0 Å². The standard InChI is InChI=1S/C12H19BrN4O2S/c1-14-12-11(7-9(13)8-15-12)20(18,19)16-10-3-5-17(2)6-4-10/h7-8,10,16H,3-6H2,1-2H3,(H,14,15). The molecule has 8 heteroatoms. The molecule has 0 radical (unpaired) electrons. The summed E-state index contributed by atoms with van der Waals surface area (Å²) in [5.74, 6) is 0.355. The molecule has 1 aliphatic rings. The van der Waals surface area contributed by atoms with Crippen LogP contribution in [0, 0.1) is 0 Å². The summed E-state index contributed by atoms with van der Waals surface area (Å²) in [6.45, 7) is 1.81. The van der Waals surface area contributed by atoms with E-state index < -0.39 is 10.0 Å². The van der Waals surface area contributed by atoms with E-state index in [1.807, 2.05) is 7.05 Å². The van der Waals surface area contributed by atoms with Crippen LogP contribution in [0.1, 0.15) is 12.8 Å². The van der Waals surface area contributed by atoms with E-state index in [2.05, 4.69) is 35.9 Å². The third kappa shape index (κ3) is 3.69. The quantitative estimate of drug-likeness (QED) is 0.843. The number of nitrogens with zero attached hydrogens (tertiary/aromatic N) is 2. The van der Waals surface area contributed by atoms with Crippen molar-refractivity contribution in [2.75, 3.05) is 32.5 Å². The maximum Gasteiger partial charge on any atom is 0.244 e. The van der Waals surface area contributed by atoms with E-state index in [0.717, 1.165) is 25.9 Å². The van der Waals surface area contributed by atoms with Crippen molar-refractivity contribution < 1.29 is 8.42 Å². The van der Waals surface area contributed by atoms with E-state index >= 15 is 0 Å². The molecule has 20 heavy (non-hydrogen) atoms. The molecule has 6 nitrogen and oxygen atoms in total. The summed E-state index contributed by atoms with van der Waals surface area (Å²) in [7, 11) is 0.135. The maximum absolute atomic E-state index is 12.5. The van der Waals surface area contributed by atoms with Gasteiger partial charge in [-0.25, -0.2) is 18.1 Å². The highest BCUT2D eigenvalue weighted by atomic mass is 79.9. The van der Waals surface area contributed by atoms with Gasteiger partial charge in [0, 0.05) is 23.8 Å². The Morgan fingerprint density at radius 3 is 2.65 bits per heavy atom. The van der Waals surface area contributed by atoms with Crippen LogP contribution in [-0.4, -0.2) is 51.5 Å². The van der Waals surface area contributed by atoms with Gasteiger partial charge in [-0.1, -0.05) is 0 Å². The summed E-state index contributed by atoms with van der Waals surface area (Å²) in [6, 6.07) is 1.55. The van der Waals surface area contributed by atoms with Crippen LogP contribution < -0.4 is 10.0 Å². The van der Waals surface area contributed by atoms with Crippen molar-refractivity contribution in [2.24, 2.45) is 0 Å². The molecule has 0 atom stereocenters. The van der Waals surface area contributed by atoms with E-state index in [0.29, 0.717) is 10.3 Å². The Labute approximate surface area is 128 Å². The molecule has 0 unspecified atom stereocenters. The fourth-order valence-corrected chi connectivity index (χ4v) is 4.20. The minimum Gasteiger partial charge on any atom is -0.372 e. The zero-order valence-electron chi connectivity index (χ0n) is 11.6. The molecule has 0 bridgehead atoms. The molecule has 0 saturated carbocycles. The van der Waals surface area contributed by atoms with Crippen molar-refractivity contribution in [2.45, 2.75) is 23.8 Å². The summed E-state index contributed by atoms with van der Waals surface area (Å²) in [6.07, 6.45) is 3.22. The molecule has 112 valence electrons. The maximum atomic E-state index is 12.5. The van der Waals surface area contributed by atoms with Crippen LogP contribution in [-0.2, 0) is 10.0 Å². The Balaban J connectivity index is 2.20. The summed E-state index contributed by atoms with van der Waals surface area (Å²) in [5, 5.41) is 2.81. The predicted octanol–water partition coefficient (Wildman–Crippen LogP) is 1.26. The number of halogens is 1. The van der Waals surface area contributed by atoms with E-state index in [4.69, 9.17) is 0 Å². The Morgan fingerprint density at radius 1 is 1.40 bits per heavy atom. The highest BCUT2D eigenvalue weighted by Gasteiger charge is 2.25. The van der Waals surface area contributed by atoms with Crippen molar-refractivity contribution in [3.05, 3.63) is 16.7 Å². The zero-order valence-corrected chi connectivity index (χ0v) is 14.0. The van der Waals surface area contributed by atoms with Crippen molar-refractivity contribution in [1.29, 1.82) is 0 Å². The minimum absolute atomic E-state index is 0.0140. The van der Waals surface area contributed by atoms with E-state index in [1.165, 1.54) is 0 Å². The van der Waals surface area contributed by atoms with Crippen LogP contribution in [0.5, 0.6) is 0 Å². The van der Waals surface area contributed by atoms with Crippen molar-refractivity contribution in [3.63, 3.8) is 0 Å². The van der Waals surface area contributed by atoms with Gasteiger partial charge in [-0.2, -0.15) is 0 Å². The SMILES string of the molecule is CNc1ncc(Br)cc1S(=O)(=O)NC1CCN(C)CC1.